The van der Waals surface area contributed by atoms with Gasteiger partial charge in [-0.2, -0.15) is 5.26 Å². The summed E-state index contributed by atoms with van der Waals surface area (Å²) in [6, 6.07) is 12.7. The van der Waals surface area contributed by atoms with E-state index in [0.29, 0.717) is 36.6 Å². The van der Waals surface area contributed by atoms with Crippen LogP contribution in [0.4, 0.5) is 0 Å². The molecule has 1 heterocycles. The minimum absolute atomic E-state index is 0.0668. The van der Waals surface area contributed by atoms with Crippen molar-refractivity contribution < 1.29 is 14.3 Å². The summed E-state index contributed by atoms with van der Waals surface area (Å²) in [4.78, 5) is 15.6. The van der Waals surface area contributed by atoms with Crippen molar-refractivity contribution >= 4 is 14.0 Å². The van der Waals surface area contributed by atoms with E-state index in [1.54, 1.807) is 7.11 Å². The molecule has 2 aromatic carbocycles. The lowest BCUT2D eigenvalue weighted by molar-refractivity contribution is 0.0482. The SMILES string of the molecule is COc1cc(C)cc(C)c1C(=O)N1Cc2cc(C#N)ccc2C1COCC[Si](C)(C)C. The first-order valence-electron chi connectivity index (χ1n) is 10.7. The van der Waals surface area contributed by atoms with Gasteiger partial charge >= 0.3 is 0 Å². The van der Waals surface area contributed by atoms with E-state index in [9.17, 15) is 10.1 Å². The molecule has 1 aliphatic rings. The van der Waals surface area contributed by atoms with Crippen LogP contribution in [-0.2, 0) is 11.3 Å². The molecule has 0 spiro atoms. The van der Waals surface area contributed by atoms with Crippen LogP contribution in [0.5, 0.6) is 5.75 Å². The number of aryl methyl sites for hydroxylation is 2. The number of carbonyl (C=O) groups is 1. The predicted octanol–water partition coefficient (Wildman–Crippen LogP) is 5.24. The maximum Gasteiger partial charge on any atom is 0.258 e. The van der Waals surface area contributed by atoms with Gasteiger partial charge in [-0.15, -0.1) is 0 Å². The molecular formula is C25H32N2O3Si. The first-order chi connectivity index (χ1) is 14.6. The second-order valence-electron chi connectivity index (χ2n) is 9.52. The molecule has 1 amide bonds. The van der Waals surface area contributed by atoms with Crippen molar-refractivity contribution in [3.05, 3.63) is 63.7 Å². The molecule has 0 fully saturated rings. The fourth-order valence-corrected chi connectivity index (χ4v) is 4.83. The van der Waals surface area contributed by atoms with Crippen molar-refractivity contribution in [1.29, 1.82) is 5.26 Å². The number of nitrogens with zero attached hydrogens (tertiary/aromatic N) is 2. The largest absolute Gasteiger partial charge is 0.496 e. The zero-order valence-electron chi connectivity index (χ0n) is 19.4. The third kappa shape index (κ3) is 5.17. The Labute approximate surface area is 186 Å². The Hall–Kier alpha value is -2.62. The zero-order valence-corrected chi connectivity index (χ0v) is 20.4. The predicted molar refractivity (Wildman–Crippen MR) is 125 cm³/mol. The van der Waals surface area contributed by atoms with E-state index in [0.717, 1.165) is 28.3 Å². The molecule has 0 aliphatic carbocycles. The molecule has 164 valence electrons. The summed E-state index contributed by atoms with van der Waals surface area (Å²) >= 11 is 0. The number of benzene rings is 2. The summed E-state index contributed by atoms with van der Waals surface area (Å²) in [5.74, 6) is 0.525. The van der Waals surface area contributed by atoms with Gasteiger partial charge in [0, 0.05) is 21.2 Å². The molecule has 1 unspecified atom stereocenters. The van der Waals surface area contributed by atoms with E-state index in [1.807, 2.05) is 49.1 Å². The second-order valence-corrected chi connectivity index (χ2v) is 15.1. The highest BCUT2D eigenvalue weighted by Gasteiger charge is 2.36. The number of ether oxygens (including phenoxy) is 2. The fraction of sp³-hybridized carbons (Fsp3) is 0.440. The van der Waals surface area contributed by atoms with Crippen molar-refractivity contribution in [1.82, 2.24) is 4.90 Å². The van der Waals surface area contributed by atoms with E-state index >= 15 is 0 Å². The van der Waals surface area contributed by atoms with E-state index in [4.69, 9.17) is 9.47 Å². The third-order valence-corrected chi connectivity index (χ3v) is 7.46. The second kappa shape index (κ2) is 9.25. The molecule has 3 rings (SSSR count). The van der Waals surface area contributed by atoms with E-state index in [2.05, 4.69) is 25.7 Å². The number of methoxy groups -OCH3 is 1. The van der Waals surface area contributed by atoms with Gasteiger partial charge in [0.15, 0.2) is 0 Å². The number of amides is 1. The average Bonchev–Trinajstić information content (AvgIpc) is 3.07. The summed E-state index contributed by atoms with van der Waals surface area (Å²) < 4.78 is 11.6. The van der Waals surface area contributed by atoms with Crippen LogP contribution >= 0.6 is 0 Å². The van der Waals surface area contributed by atoms with Gasteiger partial charge in [-0.05, 0) is 60.3 Å². The van der Waals surface area contributed by atoms with Crippen molar-refractivity contribution in [2.75, 3.05) is 20.3 Å². The topological polar surface area (TPSA) is 62.6 Å². The first kappa shape index (κ1) is 23.0. The van der Waals surface area contributed by atoms with Gasteiger partial charge in [-0.25, -0.2) is 0 Å². The molecule has 0 bridgehead atoms. The van der Waals surface area contributed by atoms with Gasteiger partial charge in [0.2, 0.25) is 0 Å². The standard InChI is InChI=1S/C25H32N2O3Si/c1-17-11-18(2)24(23(12-17)29-3)25(28)27-15-20-13-19(14-26)7-8-21(20)22(27)16-30-9-10-31(4,5)6/h7-8,11-13,22H,9-10,15-16H2,1-6H3. The highest BCUT2D eigenvalue weighted by molar-refractivity contribution is 6.76. The van der Waals surface area contributed by atoms with Crippen LogP contribution in [-0.4, -0.2) is 39.2 Å². The Morgan fingerprint density at radius 1 is 1.23 bits per heavy atom. The summed E-state index contributed by atoms with van der Waals surface area (Å²) in [6.07, 6.45) is 0. The highest BCUT2D eigenvalue weighted by Crippen LogP contribution is 2.37. The fourth-order valence-electron chi connectivity index (χ4n) is 4.07. The Kier molecular flexibility index (Phi) is 6.88. The summed E-state index contributed by atoms with van der Waals surface area (Å²) in [6.45, 7) is 12.5. The van der Waals surface area contributed by atoms with Crippen LogP contribution in [0, 0.1) is 25.2 Å². The Bertz CT molecular complexity index is 1020. The van der Waals surface area contributed by atoms with Gasteiger partial charge in [0.1, 0.15) is 5.75 Å². The number of rotatable bonds is 7. The van der Waals surface area contributed by atoms with Crippen molar-refractivity contribution in [3.63, 3.8) is 0 Å². The number of hydrogen-bond acceptors (Lipinski definition) is 4. The maximum absolute atomic E-state index is 13.7. The van der Waals surface area contributed by atoms with E-state index < -0.39 is 8.07 Å². The van der Waals surface area contributed by atoms with Gasteiger partial charge in [-0.3, -0.25) is 4.79 Å². The number of fused-ring (bicyclic) bond motifs is 1. The molecule has 0 saturated heterocycles. The van der Waals surface area contributed by atoms with E-state index in [-0.39, 0.29) is 11.9 Å². The third-order valence-electron chi connectivity index (χ3n) is 5.76. The van der Waals surface area contributed by atoms with Crippen LogP contribution in [0.2, 0.25) is 25.7 Å². The molecule has 31 heavy (non-hydrogen) atoms. The van der Waals surface area contributed by atoms with Crippen LogP contribution in [0.3, 0.4) is 0 Å². The minimum atomic E-state index is -1.19. The Morgan fingerprint density at radius 3 is 2.61 bits per heavy atom. The Balaban J connectivity index is 1.92. The van der Waals surface area contributed by atoms with E-state index in [1.165, 1.54) is 0 Å². The van der Waals surface area contributed by atoms with Gasteiger partial charge in [0.05, 0.1) is 37.0 Å². The smallest absolute Gasteiger partial charge is 0.258 e. The quantitative estimate of drug-likeness (QED) is 0.440. The summed E-state index contributed by atoms with van der Waals surface area (Å²) in [5, 5.41) is 9.30. The number of carbonyl (C=O) groups excluding carboxylic acids is 1. The number of nitriles is 1. The molecule has 1 aliphatic heterocycles. The lowest BCUT2D eigenvalue weighted by Crippen LogP contribution is -2.33. The molecule has 0 saturated carbocycles. The minimum Gasteiger partial charge on any atom is -0.496 e. The lowest BCUT2D eigenvalue weighted by atomic mass is 10.0. The molecular weight excluding hydrogens is 404 g/mol. The summed E-state index contributed by atoms with van der Waals surface area (Å²) in [7, 11) is 0.404. The van der Waals surface area contributed by atoms with Gasteiger partial charge < -0.3 is 14.4 Å². The van der Waals surface area contributed by atoms with Gasteiger partial charge in [0.25, 0.3) is 5.91 Å². The normalized spacial score (nSPS) is 15.5. The highest BCUT2D eigenvalue weighted by atomic mass is 28.3. The molecule has 1 atom stereocenters. The van der Waals surface area contributed by atoms with Crippen LogP contribution < -0.4 is 4.74 Å². The number of hydrogen-bond donors (Lipinski definition) is 0. The van der Waals surface area contributed by atoms with Crippen molar-refractivity contribution in [3.8, 4) is 11.8 Å². The lowest BCUT2D eigenvalue weighted by Gasteiger charge is -2.27. The first-order valence-corrected chi connectivity index (χ1v) is 14.4. The summed E-state index contributed by atoms with van der Waals surface area (Å²) in [5.41, 5.74) is 5.22. The molecule has 0 radical (unpaired) electrons. The zero-order chi connectivity index (χ0) is 22.8. The molecule has 2 aromatic rings. The van der Waals surface area contributed by atoms with Crippen LogP contribution in [0.15, 0.2) is 30.3 Å². The monoisotopic (exact) mass is 436 g/mol. The van der Waals surface area contributed by atoms with Gasteiger partial charge in [-0.1, -0.05) is 31.8 Å². The van der Waals surface area contributed by atoms with Crippen molar-refractivity contribution in [2.45, 2.75) is 52.1 Å². The Morgan fingerprint density at radius 2 is 1.97 bits per heavy atom. The molecule has 5 nitrogen and oxygen atoms in total. The van der Waals surface area contributed by atoms with Crippen molar-refractivity contribution in [2.24, 2.45) is 0 Å². The average molecular weight is 437 g/mol. The molecule has 0 N–H and O–H groups in total. The van der Waals surface area contributed by atoms with Crippen LogP contribution in [0.25, 0.3) is 0 Å². The van der Waals surface area contributed by atoms with Crippen LogP contribution in [0.1, 0.15) is 44.2 Å². The molecule has 0 aromatic heterocycles. The molecule has 6 heteroatoms. The maximum atomic E-state index is 13.7.